The summed E-state index contributed by atoms with van der Waals surface area (Å²) < 4.78 is 13.2. The molecule has 1 fully saturated rings. The second-order valence-corrected chi connectivity index (χ2v) is 4.70. The summed E-state index contributed by atoms with van der Waals surface area (Å²) >= 11 is 0. The van der Waals surface area contributed by atoms with E-state index < -0.39 is 11.7 Å². The van der Waals surface area contributed by atoms with Gasteiger partial charge in [0.1, 0.15) is 11.9 Å². The van der Waals surface area contributed by atoms with Crippen molar-refractivity contribution in [2.75, 3.05) is 18.0 Å². The minimum atomic E-state index is -1.09. The van der Waals surface area contributed by atoms with Crippen molar-refractivity contribution in [2.45, 2.75) is 24.5 Å². The molecule has 4 heteroatoms. The van der Waals surface area contributed by atoms with Crippen LogP contribution in [-0.4, -0.2) is 28.9 Å². The molecule has 0 radical (unpaired) electrons. The molecule has 3 heterocycles. The van der Waals surface area contributed by atoms with Gasteiger partial charge in [-0.05, 0) is 31.0 Å². The first kappa shape index (κ1) is 10.1. The summed E-state index contributed by atoms with van der Waals surface area (Å²) in [5.41, 5.74) is 0.273. The lowest BCUT2D eigenvalue weighted by Crippen LogP contribution is -2.44. The van der Waals surface area contributed by atoms with Crippen LogP contribution in [0.3, 0.4) is 0 Å². The fraction of sp³-hybridized carbons (Fsp3) is 0.500. The lowest BCUT2D eigenvalue weighted by Gasteiger charge is -2.36. The molecule has 0 saturated carbocycles. The number of nitrogens with zero attached hydrogens (tertiary/aromatic N) is 1. The molecule has 4 rings (SSSR count). The average molecular weight is 223 g/mol. The molecular weight excluding hydrogens is 209 g/mol. The Morgan fingerprint density at radius 1 is 1.31 bits per heavy atom. The van der Waals surface area contributed by atoms with Gasteiger partial charge in [-0.15, -0.1) is 0 Å². The van der Waals surface area contributed by atoms with E-state index in [2.05, 4.69) is 4.90 Å². The van der Waals surface area contributed by atoms with Crippen LogP contribution in [-0.2, 0) is 0 Å². The van der Waals surface area contributed by atoms with Crippen molar-refractivity contribution in [3.63, 3.8) is 0 Å². The number of piperidine rings is 1. The summed E-state index contributed by atoms with van der Waals surface area (Å²) in [6.45, 7) is 1.43. The zero-order chi connectivity index (χ0) is 11.3. The van der Waals surface area contributed by atoms with Gasteiger partial charge >= 0.3 is 0 Å². The Kier molecular flexibility index (Phi) is 2.00. The smallest absolute Gasteiger partial charge is 0.123 e. The number of fused-ring (bicyclic) bond motifs is 2. The van der Waals surface area contributed by atoms with Gasteiger partial charge in [0.2, 0.25) is 0 Å². The number of aliphatic hydroxyl groups is 2. The first-order valence-corrected chi connectivity index (χ1v) is 5.55. The number of rotatable bonds is 0. The molecule has 1 saturated heterocycles. The third kappa shape index (κ3) is 1.26. The minimum absolute atomic E-state index is 0.371. The van der Waals surface area contributed by atoms with Crippen molar-refractivity contribution < 1.29 is 14.6 Å². The molecule has 1 aromatic rings. The summed E-state index contributed by atoms with van der Waals surface area (Å²) in [6, 6.07) is 4.41. The van der Waals surface area contributed by atoms with Crippen molar-refractivity contribution >= 4 is 5.69 Å². The number of hydrogen-bond donors (Lipinski definition) is 2. The third-order valence-electron chi connectivity index (χ3n) is 3.76. The van der Waals surface area contributed by atoms with Gasteiger partial charge in [0.15, 0.2) is 0 Å². The van der Waals surface area contributed by atoms with Crippen LogP contribution in [0.25, 0.3) is 0 Å². The van der Waals surface area contributed by atoms with E-state index in [-0.39, 0.29) is 5.82 Å². The van der Waals surface area contributed by atoms with Crippen LogP contribution in [0, 0.1) is 5.82 Å². The van der Waals surface area contributed by atoms with Crippen molar-refractivity contribution in [3.8, 4) is 0 Å². The van der Waals surface area contributed by atoms with Crippen LogP contribution in [0.4, 0.5) is 10.1 Å². The number of benzene rings is 1. The largest absolute Gasteiger partial charge is 0.387 e. The van der Waals surface area contributed by atoms with Gasteiger partial charge in [-0.2, -0.15) is 0 Å². The summed E-state index contributed by atoms with van der Waals surface area (Å²) in [5.74, 6) is -0.371. The van der Waals surface area contributed by atoms with Crippen LogP contribution < -0.4 is 4.90 Å². The molecule has 3 aliphatic heterocycles. The summed E-state index contributed by atoms with van der Waals surface area (Å²) in [6.07, 6.45) is 0.0836. The van der Waals surface area contributed by atoms with Crippen LogP contribution in [0.2, 0.25) is 0 Å². The van der Waals surface area contributed by atoms with Gasteiger partial charge in [0.25, 0.3) is 0 Å². The standard InChI is InChI=1S/C12H14FNO2/c13-8-1-2-10-9(7-8)11(15)12(16)3-5-14(10)6-4-12/h1-2,7,11,15-16H,3-6H2. The number of hydrogen-bond acceptors (Lipinski definition) is 3. The van der Waals surface area contributed by atoms with E-state index in [1.54, 1.807) is 6.07 Å². The second kappa shape index (κ2) is 3.18. The predicted molar refractivity (Wildman–Crippen MR) is 57.8 cm³/mol. The Morgan fingerprint density at radius 3 is 2.69 bits per heavy atom. The van der Waals surface area contributed by atoms with E-state index in [4.69, 9.17) is 0 Å². The fourth-order valence-electron chi connectivity index (χ4n) is 2.73. The summed E-state index contributed by atoms with van der Waals surface area (Å²) in [7, 11) is 0. The first-order chi connectivity index (χ1) is 7.60. The van der Waals surface area contributed by atoms with Gasteiger partial charge in [-0.1, -0.05) is 0 Å². The van der Waals surface area contributed by atoms with Crippen LogP contribution in [0.5, 0.6) is 0 Å². The normalized spacial score (nSPS) is 32.4. The van der Waals surface area contributed by atoms with Crippen molar-refractivity contribution in [3.05, 3.63) is 29.6 Å². The van der Waals surface area contributed by atoms with Crippen molar-refractivity contribution in [2.24, 2.45) is 0 Å². The number of aliphatic hydroxyl groups excluding tert-OH is 1. The molecule has 3 nitrogen and oxygen atoms in total. The van der Waals surface area contributed by atoms with E-state index in [1.807, 2.05) is 0 Å². The highest BCUT2D eigenvalue weighted by atomic mass is 19.1. The van der Waals surface area contributed by atoms with Gasteiger partial charge in [0.05, 0.1) is 5.60 Å². The fourth-order valence-corrected chi connectivity index (χ4v) is 2.73. The quantitative estimate of drug-likeness (QED) is 0.694. The lowest BCUT2D eigenvalue weighted by atomic mass is 9.85. The maximum Gasteiger partial charge on any atom is 0.123 e. The maximum absolute atomic E-state index is 13.2. The molecule has 0 spiro atoms. The van der Waals surface area contributed by atoms with Crippen molar-refractivity contribution in [1.82, 2.24) is 0 Å². The molecular formula is C12H14FNO2. The SMILES string of the molecule is OC1c2cc(F)ccc2N2CCC1(O)CC2. The molecule has 1 aromatic carbocycles. The molecule has 0 aliphatic carbocycles. The molecule has 0 aromatic heterocycles. The molecule has 2 bridgehead atoms. The average Bonchev–Trinajstić information content (AvgIpc) is 2.44. The topological polar surface area (TPSA) is 43.7 Å². The summed E-state index contributed by atoms with van der Waals surface area (Å²) in [5, 5.41) is 20.5. The molecule has 16 heavy (non-hydrogen) atoms. The van der Waals surface area contributed by atoms with Gasteiger partial charge < -0.3 is 15.1 Å². The van der Waals surface area contributed by atoms with Crippen molar-refractivity contribution in [1.29, 1.82) is 0 Å². The van der Waals surface area contributed by atoms with E-state index in [9.17, 15) is 14.6 Å². The van der Waals surface area contributed by atoms with E-state index in [0.717, 1.165) is 5.69 Å². The number of halogens is 1. The molecule has 1 unspecified atom stereocenters. The Balaban J connectivity index is 2.19. The molecule has 86 valence electrons. The van der Waals surface area contributed by atoms with Gasteiger partial charge in [-0.3, -0.25) is 0 Å². The Bertz CT molecular complexity index is 427. The van der Waals surface area contributed by atoms with Crippen LogP contribution in [0.1, 0.15) is 24.5 Å². The second-order valence-electron chi connectivity index (χ2n) is 4.70. The van der Waals surface area contributed by atoms with E-state index in [0.29, 0.717) is 31.5 Å². The third-order valence-corrected chi connectivity index (χ3v) is 3.76. The Morgan fingerprint density at radius 2 is 2.00 bits per heavy atom. The van der Waals surface area contributed by atoms with Crippen LogP contribution in [0.15, 0.2) is 18.2 Å². The minimum Gasteiger partial charge on any atom is -0.387 e. The van der Waals surface area contributed by atoms with E-state index >= 15 is 0 Å². The Hall–Kier alpha value is -1.13. The molecule has 3 aliphatic rings. The highest BCUT2D eigenvalue weighted by Crippen LogP contribution is 2.44. The highest BCUT2D eigenvalue weighted by molar-refractivity contribution is 5.57. The number of anilines is 1. The van der Waals surface area contributed by atoms with E-state index in [1.165, 1.54) is 12.1 Å². The highest BCUT2D eigenvalue weighted by Gasteiger charge is 2.44. The van der Waals surface area contributed by atoms with Crippen LogP contribution >= 0.6 is 0 Å². The monoisotopic (exact) mass is 223 g/mol. The van der Waals surface area contributed by atoms with Gasteiger partial charge in [-0.25, -0.2) is 4.39 Å². The zero-order valence-electron chi connectivity index (χ0n) is 8.86. The Labute approximate surface area is 93.1 Å². The summed E-state index contributed by atoms with van der Waals surface area (Å²) in [4.78, 5) is 2.10. The maximum atomic E-state index is 13.2. The molecule has 1 atom stereocenters. The van der Waals surface area contributed by atoms with Gasteiger partial charge in [0, 0.05) is 24.3 Å². The lowest BCUT2D eigenvalue weighted by molar-refractivity contribution is -0.0873. The zero-order valence-corrected chi connectivity index (χ0v) is 8.86. The first-order valence-electron chi connectivity index (χ1n) is 5.55. The molecule has 2 N–H and O–H groups in total. The predicted octanol–water partition coefficient (Wildman–Crippen LogP) is 1.20. The molecule has 0 amide bonds.